The second-order valence-corrected chi connectivity index (χ2v) is 6.21. The van der Waals surface area contributed by atoms with E-state index in [1.54, 1.807) is 37.4 Å². The fourth-order valence-electron chi connectivity index (χ4n) is 3.50. The van der Waals surface area contributed by atoms with Crippen molar-refractivity contribution in [2.75, 3.05) is 20.8 Å². The van der Waals surface area contributed by atoms with Gasteiger partial charge in [0.15, 0.2) is 17.0 Å². The Balaban J connectivity index is 2.12. The van der Waals surface area contributed by atoms with Crippen LogP contribution in [0.15, 0.2) is 36.4 Å². The van der Waals surface area contributed by atoms with Gasteiger partial charge in [-0.05, 0) is 35.4 Å². The van der Waals surface area contributed by atoms with Crippen LogP contribution >= 0.6 is 0 Å². The summed E-state index contributed by atoms with van der Waals surface area (Å²) < 4.78 is 10.7. The number of carbonyl (C=O) groups excluding carboxylic acids is 1. The Bertz CT molecular complexity index is 787. The van der Waals surface area contributed by atoms with Gasteiger partial charge in [0.1, 0.15) is 11.7 Å². The first kappa shape index (κ1) is 17.1. The van der Waals surface area contributed by atoms with E-state index in [2.05, 4.69) is 0 Å². The van der Waals surface area contributed by atoms with Crippen LogP contribution in [0.4, 0.5) is 0 Å². The highest BCUT2D eigenvalue weighted by Crippen LogP contribution is 2.37. The minimum Gasteiger partial charge on any atom is -0.543 e. The van der Waals surface area contributed by atoms with Crippen molar-refractivity contribution in [3.63, 3.8) is 0 Å². The third kappa shape index (κ3) is 3.00. The Morgan fingerprint density at radius 1 is 1.20 bits per heavy atom. The van der Waals surface area contributed by atoms with E-state index in [1.807, 2.05) is 11.4 Å². The summed E-state index contributed by atoms with van der Waals surface area (Å²) in [5, 5.41) is 23.5. The van der Waals surface area contributed by atoms with E-state index in [9.17, 15) is 15.0 Å². The van der Waals surface area contributed by atoms with Crippen LogP contribution in [0.5, 0.6) is 17.2 Å². The maximum atomic E-state index is 12.2. The van der Waals surface area contributed by atoms with Gasteiger partial charge >= 0.3 is 0 Å². The topological polar surface area (TPSA) is 95.4 Å². The molecule has 6 heteroatoms. The Hall–Kier alpha value is -2.73. The summed E-state index contributed by atoms with van der Waals surface area (Å²) in [4.78, 5) is 12.2. The van der Waals surface area contributed by atoms with Crippen molar-refractivity contribution >= 4 is 5.97 Å². The predicted molar refractivity (Wildman–Crippen MR) is 88.5 cm³/mol. The monoisotopic (exact) mass is 343 g/mol. The fraction of sp³-hybridized carbons (Fsp3) is 0.316. The van der Waals surface area contributed by atoms with Gasteiger partial charge in [-0.25, -0.2) is 0 Å². The van der Waals surface area contributed by atoms with Gasteiger partial charge in [-0.2, -0.15) is 0 Å². The first-order valence-corrected chi connectivity index (χ1v) is 8.09. The van der Waals surface area contributed by atoms with Crippen LogP contribution in [0.2, 0.25) is 0 Å². The number of phenols is 1. The normalized spacial score (nSPS) is 19.1. The van der Waals surface area contributed by atoms with Crippen molar-refractivity contribution in [1.29, 1.82) is 0 Å². The van der Waals surface area contributed by atoms with Crippen LogP contribution in [0.25, 0.3) is 0 Å². The lowest BCUT2D eigenvalue weighted by molar-refractivity contribution is -0.731. The highest BCUT2D eigenvalue weighted by atomic mass is 16.5. The lowest BCUT2D eigenvalue weighted by Gasteiger charge is -2.38. The molecule has 2 aromatic rings. The third-order valence-corrected chi connectivity index (χ3v) is 4.78. The number of hydrogen-bond acceptors (Lipinski definition) is 5. The molecule has 0 aliphatic carbocycles. The van der Waals surface area contributed by atoms with Crippen molar-refractivity contribution in [3.05, 3.63) is 53.1 Å². The number of aliphatic carboxylic acids is 1. The Morgan fingerprint density at radius 2 is 1.84 bits per heavy atom. The molecule has 25 heavy (non-hydrogen) atoms. The number of ether oxygens (including phenoxy) is 2. The van der Waals surface area contributed by atoms with Crippen molar-refractivity contribution < 1.29 is 29.8 Å². The maximum Gasteiger partial charge on any atom is 0.166 e. The number of hydrogen-bond donors (Lipinski definition) is 2. The van der Waals surface area contributed by atoms with Crippen molar-refractivity contribution in [1.82, 2.24) is 0 Å². The summed E-state index contributed by atoms with van der Waals surface area (Å²) in [5.74, 6) is 0.0762. The van der Waals surface area contributed by atoms with Gasteiger partial charge in [0.05, 0.1) is 20.8 Å². The van der Waals surface area contributed by atoms with Gasteiger partial charge in [0.25, 0.3) is 0 Å². The molecule has 0 amide bonds. The second kappa shape index (κ2) is 6.64. The number of nitrogens with two attached hydrogens (primary N) is 1. The summed E-state index contributed by atoms with van der Waals surface area (Å²) in [5.41, 5.74) is 1.15. The number of methoxy groups -OCH3 is 2. The number of aromatic hydroxyl groups is 1. The summed E-state index contributed by atoms with van der Waals surface area (Å²) >= 11 is 0. The van der Waals surface area contributed by atoms with Crippen LogP contribution in [-0.2, 0) is 23.2 Å². The molecule has 3 rings (SSSR count). The third-order valence-electron chi connectivity index (χ3n) is 4.78. The van der Waals surface area contributed by atoms with E-state index in [0.717, 1.165) is 17.5 Å². The molecule has 0 bridgehead atoms. The minimum atomic E-state index is -1.25. The summed E-state index contributed by atoms with van der Waals surface area (Å²) in [7, 11) is 3.08. The zero-order valence-corrected chi connectivity index (χ0v) is 14.2. The minimum absolute atomic E-state index is 0.144. The molecule has 6 nitrogen and oxygen atoms in total. The number of carbonyl (C=O) groups is 1. The molecule has 1 atom stereocenters. The van der Waals surface area contributed by atoms with Gasteiger partial charge in [0, 0.05) is 18.4 Å². The van der Waals surface area contributed by atoms with E-state index >= 15 is 0 Å². The van der Waals surface area contributed by atoms with Gasteiger partial charge < -0.3 is 29.8 Å². The first-order chi connectivity index (χ1) is 12.0. The molecule has 0 fully saturated rings. The largest absolute Gasteiger partial charge is 0.543 e. The van der Waals surface area contributed by atoms with Crippen LogP contribution in [-0.4, -0.2) is 31.8 Å². The molecule has 1 aliphatic rings. The average molecular weight is 343 g/mol. The van der Waals surface area contributed by atoms with Crippen LogP contribution in [0, 0.1) is 0 Å². The lowest BCUT2D eigenvalue weighted by Crippen LogP contribution is -3.00. The number of fused-ring (bicyclic) bond motifs is 1. The van der Waals surface area contributed by atoms with Gasteiger partial charge in [-0.1, -0.05) is 12.1 Å². The Labute approximate surface area is 146 Å². The zero-order valence-electron chi connectivity index (χ0n) is 14.2. The molecule has 0 radical (unpaired) electrons. The predicted octanol–water partition coefficient (Wildman–Crippen LogP) is -0.283. The molecule has 0 unspecified atom stereocenters. The number of benzene rings is 2. The molecule has 0 aromatic heterocycles. The van der Waals surface area contributed by atoms with Gasteiger partial charge in [-0.3, -0.25) is 0 Å². The van der Waals surface area contributed by atoms with Crippen molar-refractivity contribution in [3.8, 4) is 17.2 Å². The molecule has 0 spiro atoms. The van der Waals surface area contributed by atoms with Crippen LogP contribution in [0.3, 0.4) is 0 Å². The van der Waals surface area contributed by atoms with Gasteiger partial charge in [0.2, 0.25) is 0 Å². The first-order valence-electron chi connectivity index (χ1n) is 8.09. The molecule has 1 aliphatic heterocycles. The summed E-state index contributed by atoms with van der Waals surface area (Å²) in [6.07, 6.45) is 0.985. The summed E-state index contributed by atoms with van der Waals surface area (Å²) in [6.45, 7) is 0.633. The Kier molecular flexibility index (Phi) is 4.55. The fourth-order valence-corrected chi connectivity index (χ4v) is 3.50. The van der Waals surface area contributed by atoms with Crippen LogP contribution < -0.4 is 19.9 Å². The molecular formula is C19H21NO5. The SMILES string of the molecule is COc1cc2c(cc1OC)[C@](Cc1ccc(O)cc1)(C(=O)[O-])[NH2+]CC2. The van der Waals surface area contributed by atoms with E-state index in [-0.39, 0.29) is 12.2 Å². The number of phenolic OH excluding ortho intramolecular Hbond substituents is 1. The highest BCUT2D eigenvalue weighted by Gasteiger charge is 2.43. The van der Waals surface area contributed by atoms with Crippen LogP contribution in [0.1, 0.15) is 16.7 Å². The van der Waals surface area contributed by atoms with E-state index in [4.69, 9.17) is 9.47 Å². The number of quaternary nitrogens is 1. The molecule has 2 aromatic carbocycles. The summed E-state index contributed by atoms with van der Waals surface area (Å²) in [6, 6.07) is 10.1. The second-order valence-electron chi connectivity index (χ2n) is 6.21. The van der Waals surface area contributed by atoms with Gasteiger partial charge in [-0.15, -0.1) is 0 Å². The molecule has 132 valence electrons. The van der Waals surface area contributed by atoms with E-state index in [0.29, 0.717) is 23.6 Å². The van der Waals surface area contributed by atoms with E-state index in [1.165, 1.54) is 7.11 Å². The lowest BCUT2D eigenvalue weighted by atomic mass is 9.78. The smallest absolute Gasteiger partial charge is 0.166 e. The number of carboxylic acids is 1. The maximum absolute atomic E-state index is 12.2. The molecule has 0 saturated heterocycles. The standard InChI is InChI=1S/C19H21NO5/c1-24-16-9-13-7-8-20-19(18(22)23,15(13)10-17(16)25-2)11-12-3-5-14(21)6-4-12/h3-6,9-10,20-21H,7-8,11H2,1-2H3,(H,22,23)/t19-/m1/s1. The Morgan fingerprint density at radius 3 is 2.44 bits per heavy atom. The van der Waals surface area contributed by atoms with E-state index < -0.39 is 11.5 Å². The molecular weight excluding hydrogens is 322 g/mol. The quantitative estimate of drug-likeness (QED) is 0.778. The zero-order chi connectivity index (χ0) is 18.0. The van der Waals surface area contributed by atoms with Crippen molar-refractivity contribution in [2.45, 2.75) is 18.4 Å². The molecule has 1 heterocycles. The average Bonchev–Trinajstić information content (AvgIpc) is 2.62. The highest BCUT2D eigenvalue weighted by molar-refractivity contribution is 5.79. The van der Waals surface area contributed by atoms with Crippen molar-refractivity contribution in [2.24, 2.45) is 0 Å². The molecule has 0 saturated carbocycles. The number of carboxylic acid groups (broad SMARTS) is 1. The number of rotatable bonds is 5. The molecule has 3 N–H and O–H groups in total.